The summed E-state index contributed by atoms with van der Waals surface area (Å²) in [5.74, 6) is 0.498. The maximum atomic E-state index is 12.2. The van der Waals surface area contributed by atoms with Crippen molar-refractivity contribution in [2.45, 2.75) is 38.7 Å². The number of rotatable bonds is 4. The maximum absolute atomic E-state index is 12.2. The number of aryl methyl sites for hydroxylation is 2. The number of anilines is 1. The molecule has 1 atom stereocenters. The van der Waals surface area contributed by atoms with Crippen LogP contribution in [0, 0.1) is 0 Å². The van der Waals surface area contributed by atoms with E-state index >= 15 is 0 Å². The molecule has 1 amide bonds. The predicted octanol–water partition coefficient (Wildman–Crippen LogP) is 4.19. The summed E-state index contributed by atoms with van der Waals surface area (Å²) in [4.78, 5) is 18.0. The summed E-state index contributed by atoms with van der Waals surface area (Å²) < 4.78 is 6.63. The van der Waals surface area contributed by atoms with E-state index in [-0.39, 0.29) is 5.91 Å². The molecule has 1 unspecified atom stereocenters. The van der Waals surface area contributed by atoms with Gasteiger partial charge in [0.25, 0.3) is 5.91 Å². The SMILES string of the molecule is CC(Oc1ccc(Br)cc1)C(=O)Nc1nc2c(s1)CCCC2. The van der Waals surface area contributed by atoms with Crippen molar-refractivity contribution in [3.8, 4) is 5.75 Å². The average Bonchev–Trinajstić information content (AvgIpc) is 2.91. The number of nitrogens with zero attached hydrogens (tertiary/aromatic N) is 1. The van der Waals surface area contributed by atoms with Crippen molar-refractivity contribution >= 4 is 38.3 Å². The van der Waals surface area contributed by atoms with E-state index in [0.717, 1.165) is 23.0 Å². The van der Waals surface area contributed by atoms with Crippen molar-refractivity contribution in [2.24, 2.45) is 0 Å². The number of benzene rings is 1. The molecule has 0 spiro atoms. The van der Waals surface area contributed by atoms with Gasteiger partial charge in [0.15, 0.2) is 11.2 Å². The lowest BCUT2D eigenvalue weighted by Gasteiger charge is -2.13. The third-order valence-corrected chi connectivity index (χ3v) is 5.17. The molecule has 1 N–H and O–H groups in total. The van der Waals surface area contributed by atoms with Crippen LogP contribution in [0.25, 0.3) is 0 Å². The lowest BCUT2D eigenvalue weighted by molar-refractivity contribution is -0.122. The van der Waals surface area contributed by atoms with E-state index in [0.29, 0.717) is 10.9 Å². The van der Waals surface area contributed by atoms with Gasteiger partial charge in [0, 0.05) is 9.35 Å². The highest BCUT2D eigenvalue weighted by Gasteiger charge is 2.19. The van der Waals surface area contributed by atoms with Crippen molar-refractivity contribution in [2.75, 3.05) is 5.32 Å². The number of amides is 1. The van der Waals surface area contributed by atoms with Gasteiger partial charge in [0.05, 0.1) is 5.69 Å². The number of nitrogens with one attached hydrogen (secondary N) is 1. The second-order valence-electron chi connectivity index (χ2n) is 5.30. The van der Waals surface area contributed by atoms with E-state index in [1.54, 1.807) is 18.3 Å². The van der Waals surface area contributed by atoms with E-state index in [2.05, 4.69) is 26.2 Å². The Labute approximate surface area is 142 Å². The van der Waals surface area contributed by atoms with Gasteiger partial charge in [-0.05, 0) is 56.9 Å². The van der Waals surface area contributed by atoms with Gasteiger partial charge in [-0.1, -0.05) is 15.9 Å². The zero-order chi connectivity index (χ0) is 15.5. The van der Waals surface area contributed by atoms with Gasteiger partial charge in [-0.2, -0.15) is 0 Å². The van der Waals surface area contributed by atoms with Crippen LogP contribution in [0.15, 0.2) is 28.7 Å². The van der Waals surface area contributed by atoms with Gasteiger partial charge in [-0.3, -0.25) is 10.1 Å². The minimum atomic E-state index is -0.567. The third kappa shape index (κ3) is 3.67. The Kier molecular flexibility index (Phi) is 4.78. The van der Waals surface area contributed by atoms with Crippen LogP contribution in [0.4, 0.5) is 5.13 Å². The minimum Gasteiger partial charge on any atom is -0.481 e. The normalized spacial score (nSPS) is 15.0. The van der Waals surface area contributed by atoms with Gasteiger partial charge < -0.3 is 4.74 Å². The number of carbonyl (C=O) groups is 1. The zero-order valence-electron chi connectivity index (χ0n) is 12.3. The lowest BCUT2D eigenvalue weighted by Crippen LogP contribution is -2.30. The Morgan fingerprint density at radius 3 is 2.77 bits per heavy atom. The van der Waals surface area contributed by atoms with E-state index in [1.807, 2.05) is 24.3 Å². The van der Waals surface area contributed by atoms with Gasteiger partial charge in [0.2, 0.25) is 0 Å². The van der Waals surface area contributed by atoms with Crippen molar-refractivity contribution < 1.29 is 9.53 Å². The Balaban J connectivity index is 1.61. The number of carbonyl (C=O) groups excluding carboxylic acids is 1. The maximum Gasteiger partial charge on any atom is 0.266 e. The molecule has 1 heterocycles. The highest BCUT2D eigenvalue weighted by atomic mass is 79.9. The molecule has 0 fully saturated rings. The predicted molar refractivity (Wildman–Crippen MR) is 91.6 cm³/mol. The summed E-state index contributed by atoms with van der Waals surface area (Å²) in [6.07, 6.45) is 3.93. The van der Waals surface area contributed by atoms with Gasteiger partial charge in [0.1, 0.15) is 5.75 Å². The van der Waals surface area contributed by atoms with Crippen LogP contribution in [0.2, 0.25) is 0 Å². The molecule has 0 aliphatic heterocycles. The summed E-state index contributed by atoms with van der Waals surface area (Å²) in [5.41, 5.74) is 1.15. The molecular weight excluding hydrogens is 364 g/mol. The summed E-state index contributed by atoms with van der Waals surface area (Å²) >= 11 is 4.96. The molecule has 0 radical (unpaired) electrons. The Hall–Kier alpha value is -1.40. The van der Waals surface area contributed by atoms with E-state index < -0.39 is 6.10 Å². The number of halogens is 1. The number of ether oxygens (including phenoxy) is 1. The number of thiazole rings is 1. The first-order valence-electron chi connectivity index (χ1n) is 7.33. The first-order chi connectivity index (χ1) is 10.6. The van der Waals surface area contributed by atoms with Crippen LogP contribution in [-0.4, -0.2) is 17.0 Å². The van der Waals surface area contributed by atoms with Crippen LogP contribution < -0.4 is 10.1 Å². The van der Waals surface area contributed by atoms with E-state index in [1.165, 1.54) is 17.7 Å². The molecule has 1 aliphatic rings. The van der Waals surface area contributed by atoms with E-state index in [9.17, 15) is 4.79 Å². The molecule has 1 aromatic heterocycles. The summed E-state index contributed by atoms with van der Waals surface area (Å²) in [6.45, 7) is 1.74. The molecule has 1 aliphatic carbocycles. The highest BCUT2D eigenvalue weighted by molar-refractivity contribution is 9.10. The van der Waals surface area contributed by atoms with Crippen LogP contribution in [0.3, 0.4) is 0 Å². The molecule has 0 saturated carbocycles. The van der Waals surface area contributed by atoms with E-state index in [4.69, 9.17) is 4.74 Å². The van der Waals surface area contributed by atoms with Crippen molar-refractivity contribution in [1.82, 2.24) is 4.98 Å². The molecule has 3 rings (SSSR count). The average molecular weight is 381 g/mol. The van der Waals surface area contributed by atoms with Crippen LogP contribution in [0.5, 0.6) is 5.75 Å². The topological polar surface area (TPSA) is 51.2 Å². The van der Waals surface area contributed by atoms with Crippen molar-refractivity contribution in [3.05, 3.63) is 39.3 Å². The molecule has 0 bridgehead atoms. The van der Waals surface area contributed by atoms with Gasteiger partial charge in [-0.25, -0.2) is 4.98 Å². The molecular formula is C16H17BrN2O2S. The monoisotopic (exact) mass is 380 g/mol. The Morgan fingerprint density at radius 1 is 1.32 bits per heavy atom. The fourth-order valence-corrected chi connectivity index (χ4v) is 3.70. The quantitative estimate of drug-likeness (QED) is 0.864. The van der Waals surface area contributed by atoms with Crippen LogP contribution in [0.1, 0.15) is 30.3 Å². The standard InChI is InChI=1S/C16H17BrN2O2S/c1-10(21-12-8-6-11(17)7-9-12)15(20)19-16-18-13-4-2-3-5-14(13)22-16/h6-10H,2-5H2,1H3,(H,18,19,20). The lowest BCUT2D eigenvalue weighted by atomic mass is 10.0. The summed E-state index contributed by atoms with van der Waals surface area (Å²) in [7, 11) is 0. The van der Waals surface area contributed by atoms with Gasteiger partial charge >= 0.3 is 0 Å². The van der Waals surface area contributed by atoms with Crippen molar-refractivity contribution in [3.63, 3.8) is 0 Å². The number of fused-ring (bicyclic) bond motifs is 1. The summed E-state index contributed by atoms with van der Waals surface area (Å²) in [6, 6.07) is 7.43. The fourth-order valence-electron chi connectivity index (χ4n) is 2.38. The molecule has 116 valence electrons. The first-order valence-corrected chi connectivity index (χ1v) is 8.94. The summed E-state index contributed by atoms with van der Waals surface area (Å²) in [5, 5.41) is 3.55. The van der Waals surface area contributed by atoms with Gasteiger partial charge in [-0.15, -0.1) is 11.3 Å². The number of hydrogen-bond donors (Lipinski definition) is 1. The molecule has 2 aromatic rings. The van der Waals surface area contributed by atoms with Crippen LogP contribution >= 0.6 is 27.3 Å². The van der Waals surface area contributed by atoms with Crippen molar-refractivity contribution in [1.29, 1.82) is 0 Å². The molecule has 22 heavy (non-hydrogen) atoms. The number of aromatic nitrogens is 1. The molecule has 4 nitrogen and oxygen atoms in total. The van der Waals surface area contributed by atoms with Crippen LogP contribution in [-0.2, 0) is 17.6 Å². The molecule has 0 saturated heterocycles. The molecule has 1 aromatic carbocycles. The molecule has 6 heteroatoms. The largest absolute Gasteiger partial charge is 0.481 e. The Morgan fingerprint density at radius 2 is 2.05 bits per heavy atom. The fraction of sp³-hybridized carbons (Fsp3) is 0.375. The third-order valence-electron chi connectivity index (χ3n) is 3.57. The minimum absolute atomic E-state index is 0.172. The Bertz CT molecular complexity index is 646. The zero-order valence-corrected chi connectivity index (χ0v) is 14.7. The second kappa shape index (κ2) is 6.79. The first kappa shape index (κ1) is 15.5. The smallest absolute Gasteiger partial charge is 0.266 e. The highest BCUT2D eigenvalue weighted by Crippen LogP contribution is 2.29. The second-order valence-corrected chi connectivity index (χ2v) is 7.30. The number of hydrogen-bond acceptors (Lipinski definition) is 4.